The van der Waals surface area contributed by atoms with Gasteiger partial charge >= 0.3 is 93.9 Å². The molecule has 0 aromatic rings. The third kappa shape index (κ3) is 5.67. The van der Waals surface area contributed by atoms with E-state index in [0.29, 0.717) is 0 Å². The third-order valence-electron chi connectivity index (χ3n) is 5.85. The molecule has 0 unspecified atom stereocenters. The Kier molecular flexibility index (Phi) is 11.4. The SMILES string of the molecule is O=S(C(F)(F)C(F)(F)C(F)(F)C(F)(F)C(F)(F)C(F)(F)C(F)(F)C(F)(F)F)C(F)(F)C(F)(F)C(F)(F)C(F)(F)C(F)(F)C(F)(F)C(F)(F)C(F)(F)F. The lowest BCUT2D eigenvalue weighted by Crippen LogP contribution is -2.76. The van der Waals surface area contributed by atoms with Crippen molar-refractivity contribution in [2.75, 3.05) is 0 Å². The van der Waals surface area contributed by atoms with Crippen molar-refractivity contribution in [1.82, 2.24) is 0 Å². The van der Waals surface area contributed by atoms with Gasteiger partial charge in [-0.15, -0.1) is 0 Å². The fourth-order valence-electron chi connectivity index (χ4n) is 2.69. The first kappa shape index (κ1) is 49.8. The van der Waals surface area contributed by atoms with Crippen LogP contribution in [0.3, 0.4) is 0 Å². The number of halogens is 34. The fraction of sp³-hybridized carbons (Fsp3) is 1.00. The standard InChI is InChI=1S/C16F34OS/c17-1(18,5(25,26)9(33,34)13(41,42)43)3(21,22)7(29,30)11(37,38)15(47,48)52(51)16(49,50)12(39,40)8(31,32)4(23,24)2(19,20)6(27,28)10(35,36)14(44,45)46. The summed E-state index contributed by atoms with van der Waals surface area (Å²) in [6.07, 6.45) is -16.7. The van der Waals surface area contributed by atoms with Crippen LogP contribution in [-0.4, -0.2) is 98.1 Å². The second-order valence-corrected chi connectivity index (χ2v) is 10.8. The molecule has 0 fully saturated rings. The van der Waals surface area contributed by atoms with Gasteiger partial charge in [0.25, 0.3) is 0 Å². The quantitative estimate of drug-likeness (QED) is 0.159. The predicted molar refractivity (Wildman–Crippen MR) is 89.5 cm³/mol. The lowest BCUT2D eigenvalue weighted by atomic mass is 9.91. The number of rotatable bonds is 14. The molecule has 0 atom stereocenters. The van der Waals surface area contributed by atoms with Crippen LogP contribution in [0.4, 0.5) is 149 Å². The zero-order valence-electron chi connectivity index (χ0n) is 21.7. The summed E-state index contributed by atoms with van der Waals surface area (Å²) in [5.41, 5.74) is 0. The molecule has 36 heteroatoms. The second-order valence-electron chi connectivity index (χ2n) is 9.19. The van der Waals surface area contributed by atoms with Gasteiger partial charge in [0, 0.05) is 0 Å². The van der Waals surface area contributed by atoms with Crippen molar-refractivity contribution in [3.05, 3.63) is 0 Å². The number of hydrogen-bond acceptors (Lipinski definition) is 1. The lowest BCUT2D eigenvalue weighted by Gasteiger charge is -2.44. The van der Waals surface area contributed by atoms with Gasteiger partial charge in [-0.1, -0.05) is 0 Å². The van der Waals surface area contributed by atoms with E-state index in [9.17, 15) is 153 Å². The van der Waals surface area contributed by atoms with Gasteiger partial charge < -0.3 is 0 Å². The topological polar surface area (TPSA) is 17.1 Å². The van der Waals surface area contributed by atoms with Crippen LogP contribution < -0.4 is 0 Å². The zero-order chi connectivity index (χ0) is 43.6. The van der Waals surface area contributed by atoms with E-state index in [1.54, 1.807) is 0 Å². The van der Waals surface area contributed by atoms with Crippen LogP contribution in [0.15, 0.2) is 0 Å². The van der Waals surface area contributed by atoms with Crippen LogP contribution in [0.1, 0.15) is 0 Å². The lowest BCUT2D eigenvalue weighted by molar-refractivity contribution is -0.459. The van der Waals surface area contributed by atoms with Gasteiger partial charge in [-0.3, -0.25) is 0 Å². The highest BCUT2D eigenvalue weighted by atomic mass is 32.2. The summed E-state index contributed by atoms with van der Waals surface area (Å²) in [6, 6.07) is 0. The second kappa shape index (κ2) is 11.9. The first-order chi connectivity index (χ1) is 21.7. The van der Waals surface area contributed by atoms with Gasteiger partial charge in [0.1, 0.15) is 0 Å². The molecule has 314 valence electrons. The summed E-state index contributed by atoms with van der Waals surface area (Å²) in [7, 11) is -8.51. The minimum absolute atomic E-state index is 8.36. The molecular weight excluding hydrogens is 886 g/mol. The molecule has 0 aliphatic heterocycles. The van der Waals surface area contributed by atoms with Gasteiger partial charge in [0.2, 0.25) is 0 Å². The van der Waals surface area contributed by atoms with Crippen molar-refractivity contribution >= 4 is 10.8 Å². The summed E-state index contributed by atoms with van der Waals surface area (Å²) < 4.78 is 459. The molecule has 0 aromatic heterocycles. The van der Waals surface area contributed by atoms with Crippen LogP contribution >= 0.6 is 0 Å². The zero-order valence-corrected chi connectivity index (χ0v) is 22.5. The maximum absolute atomic E-state index is 13.8. The third-order valence-corrected chi connectivity index (χ3v) is 7.30. The van der Waals surface area contributed by atoms with E-state index in [4.69, 9.17) is 0 Å². The van der Waals surface area contributed by atoms with Crippen molar-refractivity contribution in [2.24, 2.45) is 0 Å². The average Bonchev–Trinajstić information content (AvgIpc) is 2.89. The van der Waals surface area contributed by atoms with Gasteiger partial charge in [-0.2, -0.15) is 149 Å². The molecule has 1 nitrogen and oxygen atoms in total. The van der Waals surface area contributed by atoms with E-state index in [1.165, 1.54) is 0 Å². The Labute approximate surface area is 259 Å². The van der Waals surface area contributed by atoms with Gasteiger partial charge in [-0.05, 0) is 0 Å². The average molecular weight is 886 g/mol. The summed E-state index contributed by atoms with van der Waals surface area (Å²) in [5, 5.41) is -18.9. The highest BCUT2D eigenvalue weighted by Crippen LogP contribution is 2.68. The Morgan fingerprint density at radius 3 is 0.442 bits per heavy atom. The Morgan fingerprint density at radius 1 is 0.192 bits per heavy atom. The Balaban J connectivity index is 7.58. The smallest absolute Gasteiger partial charge is 0.247 e. The van der Waals surface area contributed by atoms with E-state index in [2.05, 4.69) is 0 Å². The predicted octanol–water partition coefficient (Wildman–Crippen LogP) is 10.7. The van der Waals surface area contributed by atoms with Crippen molar-refractivity contribution in [2.45, 2.75) is 93.9 Å². The molecule has 0 rings (SSSR count). The maximum atomic E-state index is 13.8. The molecule has 52 heavy (non-hydrogen) atoms. The number of hydrogen-bond donors (Lipinski definition) is 0. The fourth-order valence-corrected chi connectivity index (χ4v) is 3.74. The summed E-state index contributed by atoms with van der Waals surface area (Å²) >= 11 is 0. The monoisotopic (exact) mass is 886 g/mol. The minimum atomic E-state index is -9.86. The van der Waals surface area contributed by atoms with E-state index in [1.807, 2.05) is 0 Å². The molecule has 0 heterocycles. The molecule has 0 aliphatic rings. The molecule has 0 saturated carbocycles. The highest BCUT2D eigenvalue weighted by molar-refractivity contribution is 7.87. The normalized spacial score (nSPS) is 17.3. The van der Waals surface area contributed by atoms with Crippen molar-refractivity contribution < 1.29 is 153 Å². The Bertz CT molecular complexity index is 1240. The molecule has 0 saturated heterocycles. The molecule has 0 spiro atoms. The largest absolute Gasteiger partial charge is 0.460 e. The van der Waals surface area contributed by atoms with Crippen molar-refractivity contribution in [3.63, 3.8) is 0 Å². The van der Waals surface area contributed by atoms with E-state index in [-0.39, 0.29) is 0 Å². The summed E-state index contributed by atoms with van der Waals surface area (Å²) in [4.78, 5) is 0. The van der Waals surface area contributed by atoms with Gasteiger partial charge in [0.05, 0.1) is 0 Å². The molecule has 0 aliphatic carbocycles. The van der Waals surface area contributed by atoms with Gasteiger partial charge in [-0.25, -0.2) is 4.21 Å². The van der Waals surface area contributed by atoms with Crippen LogP contribution in [0, 0.1) is 0 Å². The Morgan fingerprint density at radius 2 is 0.308 bits per heavy atom. The maximum Gasteiger partial charge on any atom is 0.460 e. The minimum Gasteiger partial charge on any atom is -0.247 e. The highest BCUT2D eigenvalue weighted by Gasteiger charge is 2.99. The van der Waals surface area contributed by atoms with Crippen LogP contribution in [0.25, 0.3) is 0 Å². The summed E-state index contributed by atoms with van der Waals surface area (Å²) in [6.45, 7) is 0. The number of alkyl halides is 34. The summed E-state index contributed by atoms with van der Waals surface area (Å²) in [5.74, 6) is -114. The van der Waals surface area contributed by atoms with Crippen LogP contribution in [-0.2, 0) is 10.8 Å². The first-order valence-corrected chi connectivity index (χ1v) is 11.7. The Hall–Kier alpha value is -2.23. The molecular formula is C16F34OS. The molecule has 0 radical (unpaired) electrons. The van der Waals surface area contributed by atoms with Crippen LogP contribution in [0.2, 0.25) is 0 Å². The van der Waals surface area contributed by atoms with Crippen molar-refractivity contribution in [3.8, 4) is 0 Å². The van der Waals surface area contributed by atoms with E-state index < -0.39 is 105 Å². The molecule has 0 N–H and O–H groups in total. The first-order valence-electron chi connectivity index (χ1n) is 10.5. The van der Waals surface area contributed by atoms with Crippen molar-refractivity contribution in [1.29, 1.82) is 0 Å². The van der Waals surface area contributed by atoms with E-state index >= 15 is 0 Å². The molecule has 0 bridgehead atoms. The molecule has 0 aromatic carbocycles. The van der Waals surface area contributed by atoms with E-state index in [0.717, 1.165) is 0 Å². The van der Waals surface area contributed by atoms with Gasteiger partial charge in [0.15, 0.2) is 10.8 Å². The van der Waals surface area contributed by atoms with Crippen LogP contribution in [0.5, 0.6) is 0 Å². The molecule has 0 amide bonds.